The molecule has 25 heteroatoms. The summed E-state index contributed by atoms with van der Waals surface area (Å²) in [5.74, 6) is -3.26. The summed E-state index contributed by atoms with van der Waals surface area (Å²) in [6.45, 7) is 4.12. The van der Waals surface area contributed by atoms with Gasteiger partial charge in [-0.25, -0.2) is 18.4 Å². The molecule has 0 aliphatic carbocycles. The van der Waals surface area contributed by atoms with E-state index in [1.165, 1.54) is 19.9 Å². The quantitative estimate of drug-likeness (QED) is 0.0233. The van der Waals surface area contributed by atoms with Gasteiger partial charge in [0.2, 0.25) is 16.9 Å². The minimum atomic E-state index is -5.11. The molecule has 0 radical (unpaired) electrons. The molecule has 1 aliphatic rings. The molecule has 5 N–H and O–H groups in total. The molecule has 3 heterocycles. The van der Waals surface area contributed by atoms with Gasteiger partial charge < -0.3 is 20.4 Å². The van der Waals surface area contributed by atoms with Crippen molar-refractivity contribution in [2.75, 3.05) is 17.3 Å². The molecule has 0 atom stereocenters. The number of imide groups is 1. The van der Waals surface area contributed by atoms with E-state index in [0.717, 1.165) is 23.5 Å². The number of nitrogens with one attached hydrogen (secondary N) is 4. The molecule has 57 heavy (non-hydrogen) atoms. The van der Waals surface area contributed by atoms with Gasteiger partial charge in [0.25, 0.3) is 21.9 Å². The number of nitrogens with zero attached hydrogens (tertiary/aromatic N) is 6. The Hall–Kier alpha value is -3.91. The van der Waals surface area contributed by atoms with E-state index in [2.05, 4.69) is 40.8 Å². The summed E-state index contributed by atoms with van der Waals surface area (Å²) in [6.07, 6.45) is 0. The zero-order chi connectivity index (χ0) is 40.0. The summed E-state index contributed by atoms with van der Waals surface area (Å²) in [6, 6.07) is 13.2. The number of aryl methyl sites for hydroxylation is 1. The largest absolute Gasteiger partial charge is 1.00 e. The number of likely N-dealkylation sites (N-methyl/N-ethyl adjacent to an activating group) is 1. The average Bonchev–Trinajstić information content (AvgIpc) is 3.51. The van der Waals surface area contributed by atoms with Crippen molar-refractivity contribution in [2.24, 2.45) is 10.1 Å². The van der Waals surface area contributed by atoms with E-state index in [4.69, 9.17) is 17.0 Å². The van der Waals surface area contributed by atoms with Crippen LogP contribution in [-0.4, -0.2) is 80.7 Å². The smallest absolute Gasteiger partial charge is 0.859 e. The van der Waals surface area contributed by atoms with Gasteiger partial charge in [-0.05, 0) is 97.9 Å². The van der Waals surface area contributed by atoms with Crippen molar-refractivity contribution in [3.05, 3.63) is 82.2 Å². The monoisotopic (exact) mass is 870 g/mol. The summed E-state index contributed by atoms with van der Waals surface area (Å²) >= 11 is 7.31. The van der Waals surface area contributed by atoms with Gasteiger partial charge in [0, 0.05) is 17.8 Å². The molecule has 0 spiro atoms. The van der Waals surface area contributed by atoms with Gasteiger partial charge in [0.05, 0.1) is 32.1 Å². The van der Waals surface area contributed by atoms with Crippen molar-refractivity contribution in [3.63, 3.8) is 0 Å². The standard InChI is InChI=1S/C32H27ClN10O9S3.2Na/c1-4-43-28(45)22(26(34)44)15(3)23(29(43)46)42-41-20-13-18(10-12-21(20)54(47,48)49)36-32-39-30(33)38-31(40-32)35-17-8-6-16(7-9-17)27-37-19-11-5-14(2)25(24(19)53-27)55(50,51)52;;/h5-13,41H,4H2,1-3H3,(H2,34,44)(H,47,48,49)(H,50,51,52)(H2,35,36,38,39,40);;/q;2*+1/p-2. The second-order valence-electron chi connectivity index (χ2n) is 11.5. The molecule has 0 unspecified atom stereocenters. The van der Waals surface area contributed by atoms with E-state index in [9.17, 15) is 40.6 Å². The van der Waals surface area contributed by atoms with Gasteiger partial charge in [-0.15, -0.1) is 11.3 Å². The number of benzene rings is 3. The third kappa shape index (κ3) is 9.87. The molecule has 0 saturated heterocycles. The number of H-pyrrole nitrogens is 1. The number of hydrazone groups is 1. The van der Waals surface area contributed by atoms with Crippen molar-refractivity contribution in [2.45, 2.75) is 30.6 Å². The van der Waals surface area contributed by atoms with Crippen LogP contribution >= 0.6 is 22.9 Å². The molecule has 3 aromatic carbocycles. The number of carbonyl (C=O) groups excluding carboxylic acids is 2. The first-order chi connectivity index (χ1) is 25.8. The molecular weight excluding hydrogens is 846 g/mol. The van der Waals surface area contributed by atoms with Crippen molar-refractivity contribution < 1.29 is 99.8 Å². The summed E-state index contributed by atoms with van der Waals surface area (Å²) < 4.78 is 70.4. The van der Waals surface area contributed by atoms with Gasteiger partial charge in [0.15, 0.2) is 5.71 Å². The molecule has 2 amide bonds. The number of amides is 2. The van der Waals surface area contributed by atoms with Crippen LogP contribution in [0, 0.1) is 12.3 Å². The predicted octanol–water partition coefficient (Wildman–Crippen LogP) is -3.01. The molecule has 284 valence electrons. The maximum atomic E-state index is 13.0. The van der Waals surface area contributed by atoms with Crippen LogP contribution in [0.1, 0.15) is 19.4 Å². The molecule has 0 fully saturated rings. The topological polar surface area (TPSA) is 299 Å². The Morgan fingerprint density at radius 1 is 1.02 bits per heavy atom. The first kappa shape index (κ1) is 45.8. The Kier molecular flexibility index (Phi) is 14.4. The number of fused-ring (bicyclic) bond motifs is 1. The number of aromatic amines is 1. The summed E-state index contributed by atoms with van der Waals surface area (Å²) in [7, 11) is -9.59. The van der Waals surface area contributed by atoms with Crippen molar-refractivity contribution >= 4 is 99.8 Å². The van der Waals surface area contributed by atoms with Gasteiger partial charge in [-0.1, -0.05) is 6.07 Å². The predicted molar refractivity (Wildman–Crippen MR) is 198 cm³/mol. The van der Waals surface area contributed by atoms with Crippen LogP contribution < -0.4 is 80.6 Å². The van der Waals surface area contributed by atoms with Crippen molar-refractivity contribution in [1.82, 2.24) is 24.8 Å². The Bertz CT molecular complexity index is 2830. The Morgan fingerprint density at radius 3 is 2.32 bits per heavy atom. The number of hydrogen-bond donors (Lipinski definition) is 5. The van der Waals surface area contributed by atoms with E-state index >= 15 is 0 Å². The Morgan fingerprint density at radius 2 is 1.70 bits per heavy atom. The fourth-order valence-electron chi connectivity index (χ4n) is 5.42. The van der Waals surface area contributed by atoms with Crippen LogP contribution in [0.3, 0.4) is 0 Å². The van der Waals surface area contributed by atoms with Crippen LogP contribution in [-0.2, 0) is 29.8 Å². The van der Waals surface area contributed by atoms with Gasteiger partial charge in [-0.2, -0.15) is 23.5 Å². The number of halogens is 1. The maximum Gasteiger partial charge on any atom is 1.00 e. The van der Waals surface area contributed by atoms with E-state index in [0.29, 0.717) is 36.9 Å². The van der Waals surface area contributed by atoms with Crippen LogP contribution in [0.5, 0.6) is 0 Å². The Labute approximate surface area is 377 Å². The second kappa shape index (κ2) is 17.9. The fourth-order valence-corrected chi connectivity index (χ4v) is 8.51. The third-order valence-electron chi connectivity index (χ3n) is 7.92. The molecule has 1 aliphatic heterocycles. The average molecular weight is 871 g/mol. The number of carbonyl (C=O) groups is 2. The van der Waals surface area contributed by atoms with Gasteiger partial charge in [-0.3, -0.25) is 29.5 Å². The fraction of sp³-hybridized carbons (Fsp3) is 0.125. The normalized spacial score (nSPS) is 14.5. The molecule has 19 nitrogen and oxygen atoms in total. The van der Waals surface area contributed by atoms with E-state index < -0.39 is 59.8 Å². The number of hydrogen-bond acceptors (Lipinski definition) is 17. The van der Waals surface area contributed by atoms with E-state index in [1.54, 1.807) is 43.3 Å². The van der Waals surface area contributed by atoms with Crippen molar-refractivity contribution in [1.29, 1.82) is 5.41 Å². The SMILES string of the molecule is CCN1C(=O)C(=NNc2cc(N=c3nc(Nc4ccc(-c5nc6ccc(C)c(S(=O)(=O)O)c6s5)cc4)nc(Cl)[nH]3)ccc2S(=O)(=O)[O-])C(C)=C(C(=N)[O-])C1=O.[Na+].[Na+]. The molecule has 0 bridgehead atoms. The van der Waals surface area contributed by atoms with Crippen LogP contribution in [0.15, 0.2) is 85.6 Å². The number of rotatable bonds is 10. The van der Waals surface area contributed by atoms with E-state index in [-0.39, 0.29) is 98.7 Å². The van der Waals surface area contributed by atoms with Crippen LogP contribution in [0.2, 0.25) is 5.28 Å². The summed E-state index contributed by atoms with van der Waals surface area (Å²) in [4.78, 5) is 45.1. The first-order valence-electron chi connectivity index (χ1n) is 15.6. The molecule has 5 aromatic rings. The molecule has 2 aromatic heterocycles. The number of thiazole rings is 1. The minimum Gasteiger partial charge on any atom is -0.859 e. The molecule has 0 saturated carbocycles. The van der Waals surface area contributed by atoms with Gasteiger partial charge >= 0.3 is 59.1 Å². The van der Waals surface area contributed by atoms with Gasteiger partial charge in [0.1, 0.15) is 20.0 Å². The first-order valence-corrected chi connectivity index (χ1v) is 19.6. The summed E-state index contributed by atoms with van der Waals surface area (Å²) in [5.41, 5.74) is 2.50. The van der Waals surface area contributed by atoms with Crippen LogP contribution in [0.4, 0.5) is 23.0 Å². The number of anilines is 3. The third-order valence-corrected chi connectivity index (χ3v) is 11.3. The maximum absolute atomic E-state index is 13.0. The molecular formula is C32H25ClN10Na2O9S3. The zero-order valence-corrected chi connectivity index (χ0v) is 37.6. The van der Waals surface area contributed by atoms with E-state index in [1.807, 2.05) is 0 Å². The van der Waals surface area contributed by atoms with Crippen LogP contribution in [0.25, 0.3) is 20.8 Å². The second-order valence-corrected chi connectivity index (χ2v) is 15.6. The summed E-state index contributed by atoms with van der Waals surface area (Å²) in [5, 5.41) is 26.6. The number of aromatic nitrogens is 4. The Balaban J connectivity index is 0.00000360. The molecule has 6 rings (SSSR count). The minimum absolute atomic E-state index is 0. The van der Waals surface area contributed by atoms with Crippen molar-refractivity contribution in [3.8, 4) is 10.6 Å². The zero-order valence-electron chi connectivity index (χ0n) is 30.4.